The first-order valence-corrected chi connectivity index (χ1v) is 18.9. The van der Waals surface area contributed by atoms with E-state index < -0.39 is 113 Å². The van der Waals surface area contributed by atoms with E-state index in [4.69, 9.17) is 29.2 Å². The number of aliphatic hydroxyl groups is 3. The lowest BCUT2D eigenvalue weighted by Gasteiger charge is -2.67. The number of fused-ring (bicyclic) bond motifs is 5. The van der Waals surface area contributed by atoms with Gasteiger partial charge in [-0.25, -0.2) is 9.59 Å². The van der Waals surface area contributed by atoms with Crippen molar-refractivity contribution in [2.75, 3.05) is 13.2 Å². The third kappa shape index (κ3) is 7.24. The first-order chi connectivity index (χ1) is 27.7. The summed E-state index contributed by atoms with van der Waals surface area (Å²) < 4.78 is 29.8. The number of benzene rings is 2. The van der Waals surface area contributed by atoms with Crippen molar-refractivity contribution in [3.63, 3.8) is 0 Å². The Morgan fingerprint density at radius 3 is 2.22 bits per heavy atom. The standard InChI is InChI=1S/C41H46N4O14/c1-20-27(57-37(53)26(48)18-43-35(51)23-12-14-25(15-13-23)44-45-42)17-41(54)34(58-36(52)24-10-8-7-9-11-24)32-39(6,28(49)16-29-40(32,19-55-29)59-22(3)47)33(50)31(56-21(2)46)30(20)38(41,4)5/h7-15,26-29,31-32,34,48-49,54H,16-19H2,1-6H3,(H,43,51)/t26-,27+,28+,29-,31-,32?,34+,39-,40+,41-/m1/s1. The molecule has 1 saturated heterocycles. The zero-order valence-corrected chi connectivity index (χ0v) is 33.2. The molecular formula is C41H46N4O14. The van der Waals surface area contributed by atoms with E-state index in [1.54, 1.807) is 18.2 Å². The number of aliphatic hydroxyl groups excluding tert-OH is 2. The van der Waals surface area contributed by atoms with Crippen molar-refractivity contribution in [2.45, 2.75) is 102 Å². The Kier molecular flexibility index (Phi) is 11.5. The normalized spacial score (nSPS) is 32.2. The first kappa shape index (κ1) is 42.9. The van der Waals surface area contributed by atoms with Crippen molar-refractivity contribution in [3.05, 3.63) is 87.3 Å². The number of Topliss-reactive ketones (excluding diaryl/α,β-unsaturated/α-hetero) is 1. The van der Waals surface area contributed by atoms with E-state index >= 15 is 4.79 Å². The molecule has 314 valence electrons. The topological polar surface area (TPSA) is 270 Å². The fourth-order valence-corrected chi connectivity index (χ4v) is 9.34. The number of azide groups is 1. The number of rotatable bonds is 10. The molecule has 2 aromatic carbocycles. The zero-order chi connectivity index (χ0) is 43.2. The number of ketones is 1. The minimum Gasteiger partial charge on any atom is -0.456 e. The minimum atomic E-state index is -2.38. The molecular weight excluding hydrogens is 772 g/mol. The summed E-state index contributed by atoms with van der Waals surface area (Å²) in [4.78, 5) is 84.2. The molecule has 2 aromatic rings. The molecule has 2 saturated carbocycles. The summed E-state index contributed by atoms with van der Waals surface area (Å²) >= 11 is 0. The first-order valence-electron chi connectivity index (χ1n) is 18.9. The van der Waals surface area contributed by atoms with Crippen LogP contribution in [0.25, 0.3) is 10.4 Å². The summed E-state index contributed by atoms with van der Waals surface area (Å²) in [5.41, 5.74) is 1.35. The molecule has 4 aliphatic rings. The van der Waals surface area contributed by atoms with Crippen molar-refractivity contribution in [2.24, 2.45) is 21.9 Å². The van der Waals surface area contributed by atoms with Gasteiger partial charge in [0.05, 0.1) is 36.2 Å². The van der Waals surface area contributed by atoms with Crippen LogP contribution in [0.1, 0.15) is 75.1 Å². The van der Waals surface area contributed by atoms with E-state index in [2.05, 4.69) is 15.3 Å². The molecule has 0 aromatic heterocycles. The summed E-state index contributed by atoms with van der Waals surface area (Å²) in [5, 5.41) is 42.2. The predicted molar refractivity (Wildman–Crippen MR) is 202 cm³/mol. The van der Waals surface area contributed by atoms with Crippen molar-refractivity contribution < 1.29 is 67.8 Å². The molecule has 18 nitrogen and oxygen atoms in total. The van der Waals surface area contributed by atoms with Crippen LogP contribution in [0, 0.1) is 16.7 Å². The summed E-state index contributed by atoms with van der Waals surface area (Å²) in [5.74, 6) is -6.99. The summed E-state index contributed by atoms with van der Waals surface area (Å²) in [6.07, 6.45) is -10.4. The maximum atomic E-state index is 15.3. The van der Waals surface area contributed by atoms with Crippen LogP contribution in [0.5, 0.6) is 0 Å². The van der Waals surface area contributed by atoms with E-state index in [1.807, 2.05) is 0 Å². The van der Waals surface area contributed by atoms with Crippen LogP contribution in [0.4, 0.5) is 5.69 Å². The molecule has 3 aliphatic carbocycles. The number of hydrogen-bond acceptors (Lipinski definition) is 15. The van der Waals surface area contributed by atoms with E-state index in [1.165, 1.54) is 64.1 Å². The Labute approximate surface area is 338 Å². The van der Waals surface area contributed by atoms with Gasteiger partial charge in [0.25, 0.3) is 5.91 Å². The molecule has 10 atom stereocenters. The van der Waals surface area contributed by atoms with Crippen LogP contribution >= 0.6 is 0 Å². The lowest BCUT2D eigenvalue weighted by Crippen LogP contribution is -2.82. The number of ether oxygens (including phenoxy) is 5. The van der Waals surface area contributed by atoms with Gasteiger partial charge in [-0.15, -0.1) is 0 Å². The van der Waals surface area contributed by atoms with Gasteiger partial charge in [-0.2, -0.15) is 0 Å². The molecule has 1 heterocycles. The molecule has 2 bridgehead atoms. The average molecular weight is 819 g/mol. The highest BCUT2D eigenvalue weighted by molar-refractivity contribution is 5.96. The van der Waals surface area contributed by atoms with Crippen molar-refractivity contribution in [3.8, 4) is 0 Å². The van der Waals surface area contributed by atoms with E-state index in [-0.39, 0.29) is 41.0 Å². The van der Waals surface area contributed by atoms with Crippen LogP contribution in [0.3, 0.4) is 0 Å². The predicted octanol–water partition coefficient (Wildman–Crippen LogP) is 2.94. The molecule has 59 heavy (non-hydrogen) atoms. The molecule has 3 fully saturated rings. The lowest BCUT2D eigenvalue weighted by atomic mass is 9.44. The average Bonchev–Trinajstić information content (AvgIpc) is 3.18. The van der Waals surface area contributed by atoms with Crippen molar-refractivity contribution in [1.29, 1.82) is 0 Å². The molecule has 1 aliphatic heterocycles. The number of nitrogens with zero attached hydrogens (tertiary/aromatic N) is 3. The van der Waals surface area contributed by atoms with Gasteiger partial charge in [0, 0.05) is 48.3 Å². The zero-order valence-electron chi connectivity index (χ0n) is 33.2. The van der Waals surface area contributed by atoms with E-state index in [0.29, 0.717) is 0 Å². The van der Waals surface area contributed by atoms with Crippen LogP contribution in [0.2, 0.25) is 0 Å². The summed E-state index contributed by atoms with van der Waals surface area (Å²) in [7, 11) is 0. The van der Waals surface area contributed by atoms with Crippen LogP contribution in [-0.4, -0.2) is 112 Å². The molecule has 1 amide bonds. The summed E-state index contributed by atoms with van der Waals surface area (Å²) in [6.45, 7) is 7.22. The third-order valence-corrected chi connectivity index (χ3v) is 12.5. The number of esters is 4. The highest BCUT2D eigenvalue weighted by Crippen LogP contribution is 2.64. The smallest absolute Gasteiger partial charge is 0.338 e. The number of amides is 1. The fraction of sp³-hybridized carbons (Fsp3) is 0.512. The van der Waals surface area contributed by atoms with Crippen LogP contribution < -0.4 is 5.32 Å². The molecule has 6 rings (SSSR count). The monoisotopic (exact) mass is 818 g/mol. The van der Waals surface area contributed by atoms with Gasteiger partial charge in [-0.3, -0.25) is 19.2 Å². The van der Waals surface area contributed by atoms with Crippen LogP contribution in [0.15, 0.2) is 70.9 Å². The number of carbonyl (C=O) groups is 6. The van der Waals surface area contributed by atoms with Gasteiger partial charge in [0.15, 0.2) is 23.6 Å². The molecule has 18 heteroatoms. The SMILES string of the molecule is CC(=O)O[C@H]1C(=O)[C@@]2(C)C([C@H](OC(=O)c3ccccc3)[C@]3(O)C[C@H](OC(=O)[C@H](O)CNC(=O)c4ccc(N=[N+]=[N-])cc4)C(C)=C1C3(C)C)[C@]1(OC(C)=O)CO[C@@H]1C[C@@H]2O. The Morgan fingerprint density at radius 2 is 1.64 bits per heavy atom. The highest BCUT2D eigenvalue weighted by atomic mass is 16.6. The number of hydrogen-bond donors (Lipinski definition) is 4. The van der Waals surface area contributed by atoms with Crippen LogP contribution in [-0.2, 0) is 42.9 Å². The molecule has 1 unspecified atom stereocenters. The van der Waals surface area contributed by atoms with Gasteiger partial charge >= 0.3 is 23.9 Å². The Bertz CT molecular complexity index is 2140. The molecule has 0 radical (unpaired) electrons. The Morgan fingerprint density at radius 1 is 0.983 bits per heavy atom. The lowest BCUT2D eigenvalue weighted by molar-refractivity contribution is -0.346. The largest absolute Gasteiger partial charge is 0.456 e. The molecule has 4 N–H and O–H groups in total. The summed E-state index contributed by atoms with van der Waals surface area (Å²) in [6, 6.07) is 13.3. The quantitative estimate of drug-likeness (QED) is 0.0671. The van der Waals surface area contributed by atoms with Gasteiger partial charge in [0.2, 0.25) is 0 Å². The minimum absolute atomic E-state index is 0.0163. The third-order valence-electron chi connectivity index (χ3n) is 12.5. The van der Waals surface area contributed by atoms with Crippen molar-refractivity contribution >= 4 is 41.3 Å². The van der Waals surface area contributed by atoms with E-state index in [0.717, 1.165) is 13.8 Å². The second kappa shape index (κ2) is 15.8. The number of carbonyl (C=O) groups excluding carboxylic acids is 6. The second-order valence-corrected chi connectivity index (χ2v) is 16.1. The Hall–Kier alpha value is -5.65. The van der Waals surface area contributed by atoms with Gasteiger partial charge in [0.1, 0.15) is 23.9 Å². The maximum Gasteiger partial charge on any atom is 0.338 e. The van der Waals surface area contributed by atoms with Gasteiger partial charge < -0.3 is 44.3 Å². The fourth-order valence-electron chi connectivity index (χ4n) is 9.34. The Balaban J connectivity index is 1.46. The molecule has 0 spiro atoms. The van der Waals surface area contributed by atoms with Gasteiger partial charge in [-0.1, -0.05) is 49.3 Å². The highest BCUT2D eigenvalue weighted by Gasteiger charge is 2.78. The number of nitrogens with one attached hydrogen (secondary N) is 1. The second-order valence-electron chi connectivity index (χ2n) is 16.1. The van der Waals surface area contributed by atoms with E-state index in [9.17, 15) is 39.3 Å². The van der Waals surface area contributed by atoms with Gasteiger partial charge in [-0.05, 0) is 54.8 Å². The maximum absolute atomic E-state index is 15.3. The van der Waals surface area contributed by atoms with Crippen molar-refractivity contribution in [1.82, 2.24) is 5.32 Å².